The molecule has 2 unspecified atom stereocenters. The van der Waals surface area contributed by atoms with E-state index in [0.29, 0.717) is 16.9 Å². The molecule has 0 saturated carbocycles. The topological polar surface area (TPSA) is 129 Å². The number of rotatable bonds is 16. The van der Waals surface area contributed by atoms with Gasteiger partial charge in [-0.3, -0.25) is 18.7 Å². The van der Waals surface area contributed by atoms with Gasteiger partial charge in [0, 0.05) is 5.39 Å². The van der Waals surface area contributed by atoms with Crippen LogP contribution in [0.1, 0.15) is 59.6 Å². The highest BCUT2D eigenvalue weighted by molar-refractivity contribution is 7.59. The van der Waals surface area contributed by atoms with Crippen LogP contribution < -0.4 is 19.2 Å². The van der Waals surface area contributed by atoms with Crippen molar-refractivity contribution in [3.63, 3.8) is 0 Å². The van der Waals surface area contributed by atoms with Crippen LogP contribution in [0.5, 0.6) is 11.5 Å². The predicted octanol–water partition coefficient (Wildman–Crippen LogP) is 8.68. The summed E-state index contributed by atoms with van der Waals surface area (Å²) < 4.78 is 51.6. The molecule has 0 aliphatic rings. The monoisotopic (exact) mass is 722 g/mol. The number of fused-ring (bicyclic) bond motifs is 1. The van der Waals surface area contributed by atoms with E-state index in [1.54, 1.807) is 84.9 Å². The van der Waals surface area contributed by atoms with Crippen LogP contribution in [0.25, 0.3) is 10.8 Å². The van der Waals surface area contributed by atoms with Crippen LogP contribution in [0.4, 0.5) is 0 Å². The zero-order chi connectivity index (χ0) is 36.5. The Kier molecular flexibility index (Phi) is 13.1. The molecule has 0 aliphatic heterocycles. The highest BCUT2D eigenvalue weighted by Crippen LogP contribution is 2.56. The molecule has 4 rings (SSSR count). The van der Waals surface area contributed by atoms with Crippen molar-refractivity contribution in [1.82, 2.24) is 10.2 Å². The average Bonchev–Trinajstić information content (AvgIpc) is 3.07. The predicted molar refractivity (Wildman–Crippen MR) is 198 cm³/mol. The number of esters is 2. The lowest BCUT2D eigenvalue weighted by Crippen LogP contribution is -2.40. The van der Waals surface area contributed by atoms with Gasteiger partial charge in [-0.2, -0.15) is 0 Å². The molecule has 268 valence electrons. The molecule has 0 heterocycles. The third kappa shape index (κ3) is 10.1. The van der Waals surface area contributed by atoms with Crippen LogP contribution in [0.2, 0.25) is 0 Å². The van der Waals surface area contributed by atoms with Gasteiger partial charge in [-0.05, 0) is 75.8 Å². The second-order valence-corrected chi connectivity index (χ2v) is 18.9. The maximum atomic E-state index is 14.5. The molecule has 4 aromatic carbocycles. The van der Waals surface area contributed by atoms with Crippen molar-refractivity contribution in [3.05, 3.63) is 108 Å². The first kappa shape index (κ1) is 38.9. The van der Waals surface area contributed by atoms with Crippen molar-refractivity contribution < 1.29 is 37.2 Å². The quantitative estimate of drug-likeness (QED) is 0.0856. The fraction of sp³-hybridized carbons (Fsp3) is 0.368. The van der Waals surface area contributed by atoms with E-state index in [0.717, 1.165) is 16.5 Å². The highest BCUT2D eigenvalue weighted by atomic mass is 31.2. The van der Waals surface area contributed by atoms with Gasteiger partial charge < -0.3 is 18.5 Å². The van der Waals surface area contributed by atoms with E-state index in [9.17, 15) is 18.7 Å². The zero-order valence-corrected chi connectivity index (χ0v) is 31.5. The molecule has 0 radical (unpaired) electrons. The van der Waals surface area contributed by atoms with Gasteiger partial charge in [0.1, 0.15) is 30.2 Å². The standard InChI is InChI=1S/C38H48N2O8P2/c1-8-45-37(42)34(40-49(43,27(2)3)47-32-19-13-10-14-20-32)25-30-22-23-33-31(24-30)18-15-21-35(33)48-50(44,38(5,6)7)39-28(4)36(41)46-26-29-16-11-9-12-17-29/h9-24,27-28,34H,8,25-26H2,1-7H3,(H,39,44)(H,40,43)/t28-,34-,49?,50?/m0/s1. The van der Waals surface area contributed by atoms with Crippen LogP contribution >= 0.6 is 15.0 Å². The lowest BCUT2D eigenvalue weighted by molar-refractivity contribution is -0.146. The molecule has 0 aliphatic carbocycles. The van der Waals surface area contributed by atoms with Gasteiger partial charge in [0.25, 0.3) is 0 Å². The van der Waals surface area contributed by atoms with Gasteiger partial charge in [0.2, 0.25) is 0 Å². The molecular formula is C38H48N2O8P2. The first-order chi connectivity index (χ1) is 23.6. The second-order valence-electron chi connectivity index (χ2n) is 13.3. The Hall–Kier alpha value is -3.94. The highest BCUT2D eigenvalue weighted by Gasteiger charge is 2.42. The molecule has 50 heavy (non-hydrogen) atoms. The number of ether oxygens (including phenoxy) is 2. The number of hydrogen-bond acceptors (Lipinski definition) is 8. The van der Waals surface area contributed by atoms with Gasteiger partial charge >= 0.3 is 27.0 Å². The normalized spacial score (nSPS) is 15.4. The van der Waals surface area contributed by atoms with Crippen molar-refractivity contribution in [1.29, 1.82) is 0 Å². The Morgan fingerprint density at radius 2 is 1.40 bits per heavy atom. The summed E-state index contributed by atoms with van der Waals surface area (Å²) in [5.41, 5.74) is 1.18. The molecule has 10 nitrogen and oxygen atoms in total. The molecule has 0 spiro atoms. The minimum atomic E-state index is -3.72. The van der Waals surface area contributed by atoms with E-state index in [1.165, 1.54) is 0 Å². The molecule has 0 amide bonds. The molecule has 0 bridgehead atoms. The van der Waals surface area contributed by atoms with Gasteiger partial charge in [0.05, 0.1) is 17.4 Å². The molecule has 2 N–H and O–H groups in total. The van der Waals surface area contributed by atoms with Gasteiger partial charge in [-0.15, -0.1) is 0 Å². The van der Waals surface area contributed by atoms with E-state index in [-0.39, 0.29) is 19.6 Å². The Labute approximate surface area is 295 Å². The fourth-order valence-electron chi connectivity index (χ4n) is 4.96. The van der Waals surface area contributed by atoms with E-state index >= 15 is 0 Å². The number of nitrogens with one attached hydrogen (secondary N) is 2. The minimum Gasteiger partial charge on any atom is -0.465 e. The first-order valence-electron chi connectivity index (χ1n) is 16.7. The van der Waals surface area contributed by atoms with Crippen LogP contribution in [0.3, 0.4) is 0 Å². The fourth-order valence-corrected chi connectivity index (χ4v) is 8.36. The van der Waals surface area contributed by atoms with Crippen LogP contribution in [-0.4, -0.2) is 41.4 Å². The molecule has 12 heteroatoms. The molecule has 4 atom stereocenters. The molecule has 0 aromatic heterocycles. The van der Waals surface area contributed by atoms with E-state index < -0.39 is 49.9 Å². The number of carbonyl (C=O) groups excluding carboxylic acids is 2. The molecular weight excluding hydrogens is 674 g/mol. The number of hydrogen-bond donors (Lipinski definition) is 2. The van der Waals surface area contributed by atoms with Crippen molar-refractivity contribution in [2.24, 2.45) is 0 Å². The zero-order valence-electron chi connectivity index (χ0n) is 29.8. The molecule has 0 fully saturated rings. The van der Waals surface area contributed by atoms with Crippen LogP contribution in [-0.2, 0) is 41.2 Å². The average molecular weight is 723 g/mol. The lowest BCUT2D eigenvalue weighted by atomic mass is 10.0. The largest absolute Gasteiger partial charge is 0.465 e. The SMILES string of the molecule is CCOC(=O)[C@H](Cc1ccc2c(OP(=O)(N[C@@H](C)C(=O)OCc3ccccc3)C(C)(C)C)cccc2c1)NP(=O)(Oc1ccccc1)C(C)C. The van der Waals surface area contributed by atoms with Crippen LogP contribution in [0.15, 0.2) is 97.1 Å². The smallest absolute Gasteiger partial charge is 0.323 e. The summed E-state index contributed by atoms with van der Waals surface area (Å²) in [5.74, 6) is -0.301. The van der Waals surface area contributed by atoms with Crippen molar-refractivity contribution >= 4 is 37.8 Å². The van der Waals surface area contributed by atoms with Gasteiger partial charge in [-0.25, -0.2) is 10.2 Å². The Morgan fingerprint density at radius 1 is 0.740 bits per heavy atom. The van der Waals surface area contributed by atoms with E-state index in [2.05, 4.69) is 10.2 Å². The Bertz CT molecular complexity index is 1840. The van der Waals surface area contributed by atoms with Crippen LogP contribution in [0, 0.1) is 0 Å². The number of benzene rings is 4. The van der Waals surface area contributed by atoms with Crippen molar-refractivity contribution in [2.45, 2.75) is 84.4 Å². The third-order valence-corrected chi connectivity index (χ3v) is 13.4. The van der Waals surface area contributed by atoms with Crippen molar-refractivity contribution in [2.75, 3.05) is 6.61 Å². The van der Waals surface area contributed by atoms with Gasteiger partial charge in [0.15, 0.2) is 0 Å². The second kappa shape index (κ2) is 16.8. The molecule has 0 saturated heterocycles. The summed E-state index contributed by atoms with van der Waals surface area (Å²) in [6.07, 6.45) is 0.166. The summed E-state index contributed by atoms with van der Waals surface area (Å²) in [4.78, 5) is 26.1. The summed E-state index contributed by atoms with van der Waals surface area (Å²) in [6, 6.07) is 27.2. The summed E-state index contributed by atoms with van der Waals surface area (Å²) in [5, 5.41) is 6.54. The number of carbonyl (C=O) groups is 2. The first-order valence-corrected chi connectivity index (χ1v) is 20.0. The maximum Gasteiger partial charge on any atom is 0.323 e. The maximum absolute atomic E-state index is 14.5. The lowest BCUT2D eigenvalue weighted by Gasteiger charge is -2.33. The van der Waals surface area contributed by atoms with E-state index in [4.69, 9.17) is 18.5 Å². The number of para-hydroxylation sites is 1. The summed E-state index contributed by atoms with van der Waals surface area (Å²) in [6.45, 7) is 12.5. The summed E-state index contributed by atoms with van der Waals surface area (Å²) >= 11 is 0. The summed E-state index contributed by atoms with van der Waals surface area (Å²) in [7, 11) is -7.28. The van der Waals surface area contributed by atoms with Gasteiger partial charge in [-0.1, -0.05) is 92.7 Å². The Morgan fingerprint density at radius 3 is 2.02 bits per heavy atom. The van der Waals surface area contributed by atoms with E-state index in [1.807, 2.05) is 60.7 Å². The van der Waals surface area contributed by atoms with Crippen molar-refractivity contribution in [3.8, 4) is 11.5 Å². The minimum absolute atomic E-state index is 0.0969. The molecule has 4 aromatic rings. The Balaban J connectivity index is 1.56. The third-order valence-electron chi connectivity index (χ3n) is 7.97.